The molecule has 0 atom stereocenters. The highest BCUT2D eigenvalue weighted by atomic mass is 79.9. The van der Waals surface area contributed by atoms with E-state index in [1.165, 1.54) is 6.21 Å². The average molecular weight is 404 g/mol. The van der Waals surface area contributed by atoms with Crippen LogP contribution >= 0.6 is 15.9 Å². The van der Waals surface area contributed by atoms with E-state index in [0.29, 0.717) is 24.5 Å². The van der Waals surface area contributed by atoms with Crippen molar-refractivity contribution in [1.82, 2.24) is 10.7 Å². The van der Waals surface area contributed by atoms with Crippen molar-refractivity contribution < 1.29 is 14.3 Å². The van der Waals surface area contributed by atoms with Crippen LogP contribution < -0.4 is 15.5 Å². The van der Waals surface area contributed by atoms with Crippen LogP contribution in [0.3, 0.4) is 0 Å². The number of amides is 2. The number of hydrogen-bond donors (Lipinski definition) is 2. The van der Waals surface area contributed by atoms with E-state index in [1.54, 1.807) is 13.0 Å². The van der Waals surface area contributed by atoms with Crippen LogP contribution in [0.15, 0.2) is 58.1 Å². The van der Waals surface area contributed by atoms with Crippen LogP contribution in [-0.2, 0) is 16.2 Å². The van der Waals surface area contributed by atoms with E-state index < -0.39 is 11.8 Å². The molecule has 0 aliphatic carbocycles. The molecule has 0 saturated carbocycles. The first-order chi connectivity index (χ1) is 12.1. The molecule has 2 rings (SSSR count). The van der Waals surface area contributed by atoms with Gasteiger partial charge in [-0.05, 0) is 36.8 Å². The Hall–Kier alpha value is -2.67. The minimum absolute atomic E-state index is 0.378. The molecule has 0 aliphatic rings. The van der Waals surface area contributed by atoms with Gasteiger partial charge in [0.2, 0.25) is 0 Å². The molecule has 0 saturated heterocycles. The van der Waals surface area contributed by atoms with E-state index >= 15 is 0 Å². The molecular weight excluding hydrogens is 386 g/mol. The standard InChI is InChI=1S/C18H18BrN3O3/c1-2-20-17(23)18(24)22-21-11-14-5-3-4-6-16(14)25-12-13-7-9-15(19)10-8-13/h3-11H,2,12H2,1H3,(H,20,23)(H,22,24)/b21-11-. The predicted molar refractivity (Wildman–Crippen MR) is 99.3 cm³/mol. The van der Waals surface area contributed by atoms with Crippen LogP contribution in [0.5, 0.6) is 5.75 Å². The lowest BCUT2D eigenvalue weighted by Gasteiger charge is -2.09. The number of likely N-dealkylation sites (N-methyl/N-ethyl adjacent to an activating group) is 1. The monoisotopic (exact) mass is 403 g/mol. The van der Waals surface area contributed by atoms with Crippen molar-refractivity contribution in [3.05, 3.63) is 64.1 Å². The lowest BCUT2D eigenvalue weighted by atomic mass is 10.2. The molecule has 25 heavy (non-hydrogen) atoms. The minimum atomic E-state index is -0.814. The highest BCUT2D eigenvalue weighted by Gasteiger charge is 2.10. The van der Waals surface area contributed by atoms with Crippen LogP contribution in [0.4, 0.5) is 0 Å². The fourth-order valence-electron chi connectivity index (χ4n) is 1.91. The van der Waals surface area contributed by atoms with Crippen molar-refractivity contribution in [2.45, 2.75) is 13.5 Å². The summed E-state index contributed by atoms with van der Waals surface area (Å²) in [5.74, 6) is -0.910. The van der Waals surface area contributed by atoms with E-state index in [0.717, 1.165) is 10.0 Å². The maximum absolute atomic E-state index is 11.5. The summed E-state index contributed by atoms with van der Waals surface area (Å²) in [7, 11) is 0. The number of carbonyl (C=O) groups excluding carboxylic acids is 2. The summed E-state index contributed by atoms with van der Waals surface area (Å²) in [6.45, 7) is 2.51. The molecule has 7 heteroatoms. The molecule has 130 valence electrons. The topological polar surface area (TPSA) is 79.8 Å². The summed E-state index contributed by atoms with van der Waals surface area (Å²) < 4.78 is 6.81. The zero-order valence-corrected chi connectivity index (χ0v) is 15.2. The SMILES string of the molecule is CCNC(=O)C(=O)N/N=C\c1ccccc1OCc1ccc(Br)cc1. The van der Waals surface area contributed by atoms with Gasteiger partial charge < -0.3 is 10.1 Å². The van der Waals surface area contributed by atoms with Crippen molar-refractivity contribution in [3.63, 3.8) is 0 Å². The first-order valence-corrected chi connectivity index (χ1v) is 8.47. The number of hydrazone groups is 1. The molecule has 0 aliphatic heterocycles. The Balaban J connectivity index is 1.97. The summed E-state index contributed by atoms with van der Waals surface area (Å²) >= 11 is 3.39. The number of benzene rings is 2. The second-order valence-electron chi connectivity index (χ2n) is 5.01. The Kier molecular flexibility index (Phi) is 7.16. The minimum Gasteiger partial charge on any atom is -0.488 e. The van der Waals surface area contributed by atoms with Gasteiger partial charge in [-0.25, -0.2) is 5.43 Å². The summed E-state index contributed by atoms with van der Waals surface area (Å²) in [6.07, 6.45) is 1.44. The molecule has 0 bridgehead atoms. The summed E-state index contributed by atoms with van der Waals surface area (Å²) in [4.78, 5) is 22.8. The van der Waals surface area contributed by atoms with Gasteiger partial charge in [-0.2, -0.15) is 5.10 Å². The van der Waals surface area contributed by atoms with E-state index in [1.807, 2.05) is 42.5 Å². The molecule has 0 heterocycles. The van der Waals surface area contributed by atoms with Gasteiger partial charge >= 0.3 is 11.8 Å². The van der Waals surface area contributed by atoms with Crippen molar-refractivity contribution >= 4 is 34.0 Å². The number of halogens is 1. The number of rotatable bonds is 6. The van der Waals surface area contributed by atoms with E-state index in [9.17, 15) is 9.59 Å². The third-order valence-electron chi connectivity index (χ3n) is 3.14. The third-order valence-corrected chi connectivity index (χ3v) is 3.67. The van der Waals surface area contributed by atoms with E-state index in [-0.39, 0.29) is 0 Å². The van der Waals surface area contributed by atoms with Crippen molar-refractivity contribution in [2.75, 3.05) is 6.54 Å². The molecule has 0 fully saturated rings. The Morgan fingerprint density at radius 1 is 1.12 bits per heavy atom. The Labute approximate surface area is 154 Å². The van der Waals surface area contributed by atoms with Crippen LogP contribution in [0.2, 0.25) is 0 Å². The number of ether oxygens (including phenoxy) is 1. The zero-order valence-electron chi connectivity index (χ0n) is 13.7. The average Bonchev–Trinajstić information content (AvgIpc) is 2.62. The number of nitrogens with zero attached hydrogens (tertiary/aromatic N) is 1. The normalized spacial score (nSPS) is 10.5. The zero-order chi connectivity index (χ0) is 18.1. The van der Waals surface area contributed by atoms with Gasteiger partial charge in [-0.3, -0.25) is 9.59 Å². The van der Waals surface area contributed by atoms with Crippen molar-refractivity contribution in [2.24, 2.45) is 5.10 Å². The first kappa shape index (κ1) is 18.7. The van der Waals surface area contributed by atoms with Crippen LogP contribution in [0.25, 0.3) is 0 Å². The quantitative estimate of drug-likeness (QED) is 0.441. The lowest BCUT2D eigenvalue weighted by Crippen LogP contribution is -2.37. The van der Waals surface area contributed by atoms with E-state index in [4.69, 9.17) is 4.74 Å². The molecule has 0 unspecified atom stereocenters. The predicted octanol–water partition coefficient (Wildman–Crippen LogP) is 2.61. The maximum Gasteiger partial charge on any atom is 0.329 e. The number of nitrogens with one attached hydrogen (secondary N) is 2. The second-order valence-corrected chi connectivity index (χ2v) is 5.93. The molecular formula is C18H18BrN3O3. The largest absolute Gasteiger partial charge is 0.488 e. The smallest absolute Gasteiger partial charge is 0.329 e. The number of hydrogen-bond acceptors (Lipinski definition) is 4. The molecule has 2 amide bonds. The van der Waals surface area contributed by atoms with Gasteiger partial charge in [0.05, 0.1) is 6.21 Å². The maximum atomic E-state index is 11.5. The van der Waals surface area contributed by atoms with Gasteiger partial charge in [-0.1, -0.05) is 40.2 Å². The van der Waals surface area contributed by atoms with Crippen LogP contribution in [0.1, 0.15) is 18.1 Å². The van der Waals surface area contributed by atoms with Gasteiger partial charge in [0.1, 0.15) is 12.4 Å². The van der Waals surface area contributed by atoms with E-state index in [2.05, 4.69) is 31.8 Å². The molecule has 2 aromatic carbocycles. The summed E-state index contributed by atoms with van der Waals surface area (Å²) in [5.41, 5.74) is 3.90. The summed E-state index contributed by atoms with van der Waals surface area (Å²) in [6, 6.07) is 15.1. The number of para-hydroxylation sites is 1. The molecule has 0 aromatic heterocycles. The Bertz CT molecular complexity index is 760. The lowest BCUT2D eigenvalue weighted by molar-refractivity contribution is -0.139. The van der Waals surface area contributed by atoms with Gasteiger partial charge in [0.15, 0.2) is 0 Å². The molecule has 6 nitrogen and oxygen atoms in total. The highest BCUT2D eigenvalue weighted by molar-refractivity contribution is 9.10. The fourth-order valence-corrected chi connectivity index (χ4v) is 2.18. The van der Waals surface area contributed by atoms with Gasteiger partial charge in [-0.15, -0.1) is 0 Å². The second kappa shape index (κ2) is 9.58. The highest BCUT2D eigenvalue weighted by Crippen LogP contribution is 2.18. The van der Waals surface area contributed by atoms with Crippen molar-refractivity contribution in [3.8, 4) is 5.75 Å². The molecule has 0 radical (unpaired) electrons. The Morgan fingerprint density at radius 2 is 1.84 bits per heavy atom. The van der Waals surface area contributed by atoms with Crippen LogP contribution in [-0.4, -0.2) is 24.6 Å². The van der Waals surface area contributed by atoms with Crippen LogP contribution in [0, 0.1) is 0 Å². The van der Waals surface area contributed by atoms with Gasteiger partial charge in [0.25, 0.3) is 0 Å². The number of carbonyl (C=O) groups is 2. The van der Waals surface area contributed by atoms with Gasteiger partial charge in [0, 0.05) is 16.6 Å². The van der Waals surface area contributed by atoms with Crippen molar-refractivity contribution in [1.29, 1.82) is 0 Å². The first-order valence-electron chi connectivity index (χ1n) is 7.67. The fraction of sp³-hybridized carbons (Fsp3) is 0.167. The molecule has 2 aromatic rings. The third kappa shape index (κ3) is 6.04. The molecule has 2 N–H and O–H groups in total. The summed E-state index contributed by atoms with van der Waals surface area (Å²) in [5, 5.41) is 6.20. The Morgan fingerprint density at radius 3 is 2.56 bits per heavy atom. The molecule has 0 spiro atoms.